The Labute approximate surface area is 124 Å². The summed E-state index contributed by atoms with van der Waals surface area (Å²) in [4.78, 5) is 0. The van der Waals surface area contributed by atoms with Gasteiger partial charge in [0.05, 0.1) is 6.10 Å². The predicted molar refractivity (Wildman–Crippen MR) is 79.8 cm³/mol. The third-order valence-electron chi connectivity index (χ3n) is 3.97. The van der Waals surface area contributed by atoms with Gasteiger partial charge in [0, 0.05) is 0 Å². The van der Waals surface area contributed by atoms with Gasteiger partial charge in [0.15, 0.2) is 0 Å². The number of aliphatic hydroxyl groups is 1. The van der Waals surface area contributed by atoms with Crippen molar-refractivity contribution in [3.05, 3.63) is 65.5 Å². The van der Waals surface area contributed by atoms with E-state index in [1.54, 1.807) is 12.1 Å². The highest BCUT2D eigenvalue weighted by atomic mass is 19.1. The van der Waals surface area contributed by atoms with Crippen LogP contribution in [0, 0.1) is 5.82 Å². The Morgan fingerprint density at radius 3 is 2.43 bits per heavy atom. The van der Waals surface area contributed by atoms with E-state index < -0.39 is 5.60 Å². The molecule has 3 heteroatoms. The van der Waals surface area contributed by atoms with E-state index in [2.05, 4.69) is 0 Å². The van der Waals surface area contributed by atoms with Crippen molar-refractivity contribution in [1.29, 1.82) is 0 Å². The van der Waals surface area contributed by atoms with Crippen molar-refractivity contribution in [3.8, 4) is 5.75 Å². The van der Waals surface area contributed by atoms with E-state index in [4.69, 9.17) is 4.74 Å². The third-order valence-corrected chi connectivity index (χ3v) is 3.97. The molecule has 2 nitrogen and oxygen atoms in total. The van der Waals surface area contributed by atoms with Gasteiger partial charge in [-0.2, -0.15) is 0 Å². The van der Waals surface area contributed by atoms with Crippen LogP contribution in [-0.2, 0) is 5.60 Å². The van der Waals surface area contributed by atoms with Crippen LogP contribution < -0.4 is 4.74 Å². The smallest absolute Gasteiger partial charge is 0.123 e. The van der Waals surface area contributed by atoms with Gasteiger partial charge in [0.2, 0.25) is 0 Å². The molecular formula is C18H19FO2. The Hall–Kier alpha value is -1.87. The quantitative estimate of drug-likeness (QED) is 0.899. The van der Waals surface area contributed by atoms with Crippen LogP contribution in [0.5, 0.6) is 5.75 Å². The number of rotatable bonds is 5. The lowest BCUT2D eigenvalue weighted by molar-refractivity contribution is 0.0761. The first-order chi connectivity index (χ1) is 10.1. The van der Waals surface area contributed by atoms with Crippen LogP contribution >= 0.6 is 0 Å². The zero-order chi connectivity index (χ0) is 14.9. The van der Waals surface area contributed by atoms with Crippen LogP contribution in [0.15, 0.2) is 48.5 Å². The van der Waals surface area contributed by atoms with Crippen molar-refractivity contribution < 1.29 is 14.2 Å². The predicted octanol–water partition coefficient (Wildman–Crippen LogP) is 4.01. The van der Waals surface area contributed by atoms with E-state index in [1.807, 2.05) is 31.2 Å². The van der Waals surface area contributed by atoms with E-state index in [0.717, 1.165) is 24.2 Å². The van der Waals surface area contributed by atoms with Crippen molar-refractivity contribution in [2.75, 3.05) is 0 Å². The maximum Gasteiger partial charge on any atom is 0.123 e. The molecule has 1 N–H and O–H groups in total. The molecule has 0 heterocycles. The largest absolute Gasteiger partial charge is 0.490 e. The molecule has 0 bridgehead atoms. The number of hydrogen-bond acceptors (Lipinski definition) is 2. The van der Waals surface area contributed by atoms with Crippen molar-refractivity contribution in [2.45, 2.75) is 37.9 Å². The van der Waals surface area contributed by atoms with Crippen LogP contribution in [0.1, 0.15) is 37.3 Å². The van der Waals surface area contributed by atoms with Gasteiger partial charge in [-0.3, -0.25) is 0 Å². The zero-order valence-electron chi connectivity index (χ0n) is 12.1. The average Bonchev–Trinajstić information content (AvgIpc) is 3.31. The third kappa shape index (κ3) is 2.93. The van der Waals surface area contributed by atoms with E-state index in [-0.39, 0.29) is 5.82 Å². The lowest BCUT2D eigenvalue weighted by Gasteiger charge is -2.28. The van der Waals surface area contributed by atoms with E-state index >= 15 is 0 Å². The minimum atomic E-state index is -1.18. The van der Waals surface area contributed by atoms with E-state index in [9.17, 15) is 9.50 Å². The monoisotopic (exact) mass is 286 g/mol. The van der Waals surface area contributed by atoms with Crippen molar-refractivity contribution in [1.82, 2.24) is 0 Å². The molecule has 1 aliphatic rings. The first-order valence-corrected chi connectivity index (χ1v) is 7.37. The first kappa shape index (κ1) is 14.1. The molecule has 1 aliphatic carbocycles. The van der Waals surface area contributed by atoms with Gasteiger partial charge in [0.25, 0.3) is 0 Å². The molecule has 2 aromatic carbocycles. The summed E-state index contributed by atoms with van der Waals surface area (Å²) in [6.07, 6.45) is 3.05. The molecule has 0 aromatic heterocycles. The molecule has 0 aliphatic heterocycles. The standard InChI is InChI=1S/C18H19FO2/c1-2-18(20,14-4-3-5-15(19)12-14)13-6-8-16(9-7-13)21-17-10-11-17/h3-9,12,17,20H,2,10-11H2,1H3. The SMILES string of the molecule is CCC(O)(c1ccc(OC2CC2)cc1)c1cccc(F)c1. The van der Waals surface area contributed by atoms with Gasteiger partial charge in [-0.25, -0.2) is 4.39 Å². The maximum atomic E-state index is 13.4. The number of halogens is 1. The topological polar surface area (TPSA) is 29.5 Å². The van der Waals surface area contributed by atoms with Gasteiger partial charge in [-0.05, 0) is 54.7 Å². The molecular weight excluding hydrogens is 267 g/mol. The Morgan fingerprint density at radius 2 is 1.86 bits per heavy atom. The molecule has 3 rings (SSSR count). The van der Waals surface area contributed by atoms with Crippen molar-refractivity contribution in [2.24, 2.45) is 0 Å². The summed E-state index contributed by atoms with van der Waals surface area (Å²) in [7, 11) is 0. The van der Waals surface area contributed by atoms with Crippen molar-refractivity contribution >= 4 is 0 Å². The first-order valence-electron chi connectivity index (χ1n) is 7.37. The van der Waals surface area contributed by atoms with Crippen LogP contribution in [0.3, 0.4) is 0 Å². The zero-order valence-corrected chi connectivity index (χ0v) is 12.1. The lowest BCUT2D eigenvalue weighted by Crippen LogP contribution is -2.26. The molecule has 0 spiro atoms. The minimum absolute atomic E-state index is 0.340. The molecule has 110 valence electrons. The molecule has 1 fully saturated rings. The Balaban J connectivity index is 1.90. The highest BCUT2D eigenvalue weighted by Gasteiger charge is 2.30. The summed E-state index contributed by atoms with van der Waals surface area (Å²) < 4.78 is 19.1. The Bertz CT molecular complexity index is 619. The molecule has 0 radical (unpaired) electrons. The average molecular weight is 286 g/mol. The Morgan fingerprint density at radius 1 is 1.14 bits per heavy atom. The van der Waals surface area contributed by atoms with Crippen LogP contribution in [0.2, 0.25) is 0 Å². The molecule has 2 aromatic rings. The lowest BCUT2D eigenvalue weighted by atomic mass is 9.84. The van der Waals surface area contributed by atoms with Crippen LogP contribution in [-0.4, -0.2) is 11.2 Å². The summed E-state index contributed by atoms with van der Waals surface area (Å²) in [6.45, 7) is 1.89. The molecule has 1 saturated carbocycles. The van der Waals surface area contributed by atoms with Gasteiger partial charge in [-0.1, -0.05) is 31.2 Å². The van der Waals surface area contributed by atoms with Gasteiger partial charge >= 0.3 is 0 Å². The molecule has 0 amide bonds. The molecule has 21 heavy (non-hydrogen) atoms. The fourth-order valence-corrected chi connectivity index (χ4v) is 2.51. The second-order valence-electron chi connectivity index (χ2n) is 5.57. The fourth-order valence-electron chi connectivity index (χ4n) is 2.51. The second-order valence-corrected chi connectivity index (χ2v) is 5.57. The Kier molecular flexibility index (Phi) is 3.68. The van der Waals surface area contributed by atoms with E-state index in [1.165, 1.54) is 12.1 Å². The molecule has 1 atom stereocenters. The van der Waals surface area contributed by atoms with Gasteiger partial charge in [-0.15, -0.1) is 0 Å². The highest BCUT2D eigenvalue weighted by Crippen LogP contribution is 2.35. The summed E-state index contributed by atoms with van der Waals surface area (Å²) in [6, 6.07) is 13.6. The molecule has 0 saturated heterocycles. The van der Waals surface area contributed by atoms with Crippen LogP contribution in [0.25, 0.3) is 0 Å². The number of ether oxygens (including phenoxy) is 1. The summed E-state index contributed by atoms with van der Waals surface area (Å²) in [5.41, 5.74) is 0.139. The number of hydrogen-bond donors (Lipinski definition) is 1. The summed E-state index contributed by atoms with van der Waals surface area (Å²) in [5, 5.41) is 11.0. The minimum Gasteiger partial charge on any atom is -0.490 e. The van der Waals surface area contributed by atoms with E-state index in [0.29, 0.717) is 18.1 Å². The normalized spacial score (nSPS) is 17.3. The molecule has 1 unspecified atom stereocenters. The van der Waals surface area contributed by atoms with Crippen LogP contribution in [0.4, 0.5) is 4.39 Å². The summed E-state index contributed by atoms with van der Waals surface area (Å²) in [5.74, 6) is 0.479. The number of benzene rings is 2. The fraction of sp³-hybridized carbons (Fsp3) is 0.333. The van der Waals surface area contributed by atoms with Gasteiger partial charge in [0.1, 0.15) is 17.2 Å². The van der Waals surface area contributed by atoms with Crippen molar-refractivity contribution in [3.63, 3.8) is 0 Å². The summed E-state index contributed by atoms with van der Waals surface area (Å²) >= 11 is 0. The highest BCUT2D eigenvalue weighted by molar-refractivity contribution is 5.39. The maximum absolute atomic E-state index is 13.4. The second kappa shape index (κ2) is 5.49. The van der Waals surface area contributed by atoms with Gasteiger partial charge < -0.3 is 9.84 Å².